The summed E-state index contributed by atoms with van der Waals surface area (Å²) >= 11 is 1.50. The van der Waals surface area contributed by atoms with E-state index >= 15 is 0 Å². The van der Waals surface area contributed by atoms with Gasteiger partial charge >= 0.3 is 0 Å². The van der Waals surface area contributed by atoms with Gasteiger partial charge in [0.2, 0.25) is 5.91 Å². The van der Waals surface area contributed by atoms with Crippen molar-refractivity contribution in [2.45, 2.75) is 11.8 Å². The molecular weight excluding hydrogens is 300 g/mol. The summed E-state index contributed by atoms with van der Waals surface area (Å²) in [5.41, 5.74) is 1.16. The zero-order chi connectivity index (χ0) is 15.8. The van der Waals surface area contributed by atoms with E-state index in [4.69, 9.17) is 4.42 Å². The van der Waals surface area contributed by atoms with Gasteiger partial charge in [-0.05, 0) is 30.7 Å². The standard InChI is InChI=1S/C16H18N2O3S/c1-12-5-2-3-7-14(12)22-11-15(19)17-8-9-18-16(20)13-6-4-10-21-13/h2-7,10H,8-9,11H2,1H3,(H,17,19)(H,18,20). The Hall–Kier alpha value is -2.21. The minimum Gasteiger partial charge on any atom is -0.459 e. The lowest BCUT2D eigenvalue weighted by molar-refractivity contribution is -0.118. The third kappa shape index (κ3) is 4.96. The average molecular weight is 318 g/mol. The minimum atomic E-state index is -0.284. The van der Waals surface area contributed by atoms with Crippen molar-refractivity contribution in [2.24, 2.45) is 0 Å². The van der Waals surface area contributed by atoms with Crippen molar-refractivity contribution in [3.8, 4) is 0 Å². The summed E-state index contributed by atoms with van der Waals surface area (Å²) in [7, 11) is 0. The predicted octanol–water partition coefficient (Wildman–Crippen LogP) is 2.23. The van der Waals surface area contributed by atoms with Crippen LogP contribution < -0.4 is 10.6 Å². The zero-order valence-corrected chi connectivity index (χ0v) is 13.1. The van der Waals surface area contributed by atoms with Gasteiger partial charge in [-0.15, -0.1) is 11.8 Å². The molecule has 0 aliphatic heterocycles. The molecule has 2 N–H and O–H groups in total. The summed E-state index contributed by atoms with van der Waals surface area (Å²) in [6.45, 7) is 2.77. The highest BCUT2D eigenvalue weighted by atomic mass is 32.2. The van der Waals surface area contributed by atoms with E-state index in [0.717, 1.165) is 10.5 Å². The van der Waals surface area contributed by atoms with Crippen LogP contribution in [0.5, 0.6) is 0 Å². The summed E-state index contributed by atoms with van der Waals surface area (Å²) in [4.78, 5) is 24.4. The monoisotopic (exact) mass is 318 g/mol. The summed E-state index contributed by atoms with van der Waals surface area (Å²) in [5, 5.41) is 5.44. The summed E-state index contributed by atoms with van der Waals surface area (Å²) < 4.78 is 4.97. The first-order chi connectivity index (χ1) is 10.7. The number of rotatable bonds is 7. The first-order valence-corrected chi connectivity index (χ1v) is 7.92. The van der Waals surface area contributed by atoms with Crippen molar-refractivity contribution in [3.05, 3.63) is 54.0 Å². The lowest BCUT2D eigenvalue weighted by Crippen LogP contribution is -2.35. The SMILES string of the molecule is Cc1ccccc1SCC(=O)NCCNC(=O)c1ccco1. The van der Waals surface area contributed by atoms with Crippen LogP contribution >= 0.6 is 11.8 Å². The number of benzene rings is 1. The number of hydrogen-bond acceptors (Lipinski definition) is 4. The molecule has 0 saturated heterocycles. The fraction of sp³-hybridized carbons (Fsp3) is 0.250. The molecule has 2 aromatic rings. The number of thioether (sulfide) groups is 1. The van der Waals surface area contributed by atoms with E-state index in [1.807, 2.05) is 31.2 Å². The van der Waals surface area contributed by atoms with E-state index in [2.05, 4.69) is 10.6 Å². The van der Waals surface area contributed by atoms with E-state index < -0.39 is 0 Å². The maximum atomic E-state index is 11.7. The average Bonchev–Trinajstić information content (AvgIpc) is 3.05. The van der Waals surface area contributed by atoms with Gasteiger partial charge in [-0.25, -0.2) is 0 Å². The molecule has 1 aromatic carbocycles. The second-order valence-corrected chi connectivity index (χ2v) is 5.65. The van der Waals surface area contributed by atoms with E-state index in [1.54, 1.807) is 12.1 Å². The summed E-state index contributed by atoms with van der Waals surface area (Å²) in [5.74, 6) is 0.284. The molecule has 0 spiro atoms. The van der Waals surface area contributed by atoms with Crippen molar-refractivity contribution < 1.29 is 14.0 Å². The smallest absolute Gasteiger partial charge is 0.287 e. The molecule has 0 saturated carbocycles. The Morgan fingerprint density at radius 2 is 1.86 bits per heavy atom. The van der Waals surface area contributed by atoms with E-state index in [1.165, 1.54) is 18.0 Å². The molecule has 2 rings (SSSR count). The van der Waals surface area contributed by atoms with Crippen LogP contribution in [-0.4, -0.2) is 30.7 Å². The van der Waals surface area contributed by atoms with Gasteiger partial charge in [0, 0.05) is 18.0 Å². The molecule has 5 nitrogen and oxygen atoms in total. The van der Waals surface area contributed by atoms with E-state index in [0.29, 0.717) is 18.8 Å². The van der Waals surface area contributed by atoms with Crippen molar-refractivity contribution in [3.63, 3.8) is 0 Å². The van der Waals surface area contributed by atoms with Crippen molar-refractivity contribution in [1.29, 1.82) is 0 Å². The van der Waals surface area contributed by atoms with Crippen molar-refractivity contribution in [2.75, 3.05) is 18.8 Å². The number of aryl methyl sites for hydroxylation is 1. The van der Waals surface area contributed by atoms with Gasteiger partial charge in [-0.3, -0.25) is 9.59 Å². The van der Waals surface area contributed by atoms with Gasteiger partial charge in [0.25, 0.3) is 5.91 Å². The topological polar surface area (TPSA) is 71.3 Å². The molecule has 0 bridgehead atoms. The maximum Gasteiger partial charge on any atom is 0.287 e. The van der Waals surface area contributed by atoms with Gasteiger partial charge in [-0.2, -0.15) is 0 Å². The Labute approximate surface area is 133 Å². The maximum absolute atomic E-state index is 11.7. The van der Waals surface area contributed by atoms with Crippen LogP contribution in [0.15, 0.2) is 52.0 Å². The molecule has 0 radical (unpaired) electrons. The molecular formula is C16H18N2O3S. The third-order valence-corrected chi connectivity index (χ3v) is 4.11. The van der Waals surface area contributed by atoms with Gasteiger partial charge < -0.3 is 15.1 Å². The van der Waals surface area contributed by atoms with Crippen LogP contribution in [-0.2, 0) is 4.79 Å². The highest BCUT2D eigenvalue weighted by Crippen LogP contribution is 2.21. The normalized spacial score (nSPS) is 10.2. The molecule has 0 fully saturated rings. The van der Waals surface area contributed by atoms with Crippen LogP contribution in [0.25, 0.3) is 0 Å². The fourth-order valence-electron chi connectivity index (χ4n) is 1.79. The molecule has 22 heavy (non-hydrogen) atoms. The van der Waals surface area contributed by atoms with Gasteiger partial charge in [0.15, 0.2) is 5.76 Å². The number of hydrogen-bond donors (Lipinski definition) is 2. The zero-order valence-electron chi connectivity index (χ0n) is 12.3. The van der Waals surface area contributed by atoms with E-state index in [9.17, 15) is 9.59 Å². The summed E-state index contributed by atoms with van der Waals surface area (Å²) in [6.07, 6.45) is 1.44. The Kier molecular flexibility index (Phi) is 6.09. The van der Waals surface area contributed by atoms with Crippen LogP contribution in [0.1, 0.15) is 16.1 Å². The van der Waals surface area contributed by atoms with Gasteiger partial charge in [-0.1, -0.05) is 18.2 Å². The first kappa shape index (κ1) is 16.2. The molecule has 0 aliphatic carbocycles. The molecule has 0 unspecified atom stereocenters. The van der Waals surface area contributed by atoms with Crippen LogP contribution in [0.2, 0.25) is 0 Å². The fourth-order valence-corrected chi connectivity index (χ4v) is 2.64. The van der Waals surface area contributed by atoms with Crippen LogP contribution in [0.4, 0.5) is 0 Å². The Balaban J connectivity index is 1.62. The second-order valence-electron chi connectivity index (χ2n) is 4.64. The largest absolute Gasteiger partial charge is 0.459 e. The molecule has 0 atom stereocenters. The predicted molar refractivity (Wildman–Crippen MR) is 86.0 cm³/mol. The Morgan fingerprint density at radius 3 is 2.59 bits per heavy atom. The minimum absolute atomic E-state index is 0.0551. The molecule has 116 valence electrons. The highest BCUT2D eigenvalue weighted by molar-refractivity contribution is 8.00. The van der Waals surface area contributed by atoms with E-state index in [-0.39, 0.29) is 17.6 Å². The number of carbonyl (C=O) groups is 2. The lowest BCUT2D eigenvalue weighted by atomic mass is 10.2. The molecule has 1 aromatic heterocycles. The number of furan rings is 1. The Morgan fingerprint density at radius 1 is 1.09 bits per heavy atom. The van der Waals surface area contributed by atoms with Crippen molar-refractivity contribution >= 4 is 23.6 Å². The molecule has 6 heteroatoms. The Bertz CT molecular complexity index is 626. The quantitative estimate of drug-likeness (QED) is 0.606. The van der Waals surface area contributed by atoms with Crippen LogP contribution in [0, 0.1) is 6.92 Å². The van der Waals surface area contributed by atoms with Gasteiger partial charge in [0.05, 0.1) is 12.0 Å². The van der Waals surface area contributed by atoms with Crippen LogP contribution in [0.3, 0.4) is 0 Å². The molecule has 2 amide bonds. The first-order valence-electron chi connectivity index (χ1n) is 6.93. The third-order valence-electron chi connectivity index (χ3n) is 2.93. The number of amides is 2. The molecule has 1 heterocycles. The second kappa shape index (κ2) is 8.29. The van der Waals surface area contributed by atoms with Crippen molar-refractivity contribution in [1.82, 2.24) is 10.6 Å². The number of carbonyl (C=O) groups excluding carboxylic acids is 2. The highest BCUT2D eigenvalue weighted by Gasteiger charge is 2.08. The number of nitrogens with one attached hydrogen (secondary N) is 2. The summed E-state index contributed by atoms with van der Waals surface area (Å²) in [6, 6.07) is 11.2. The lowest BCUT2D eigenvalue weighted by Gasteiger charge is -2.07. The molecule has 0 aliphatic rings. The van der Waals surface area contributed by atoms with Gasteiger partial charge in [0.1, 0.15) is 0 Å².